The lowest BCUT2D eigenvalue weighted by Gasteiger charge is -2.16. The molecular weight excluding hydrogens is 168 g/mol. The first kappa shape index (κ1) is 10.4. The average Bonchev–Trinajstić information content (AvgIpc) is 2.51. The summed E-state index contributed by atoms with van der Waals surface area (Å²) < 4.78 is 0. The minimum atomic E-state index is -0.156. The minimum Gasteiger partial charge on any atom is -0.392 e. The molecular formula is C10H20OS. The summed E-state index contributed by atoms with van der Waals surface area (Å²) >= 11 is 1.93. The molecule has 0 amide bonds. The molecule has 1 N–H and O–H groups in total. The lowest BCUT2D eigenvalue weighted by molar-refractivity contribution is 0.196. The van der Waals surface area contributed by atoms with Crippen LogP contribution < -0.4 is 0 Å². The van der Waals surface area contributed by atoms with E-state index < -0.39 is 0 Å². The van der Waals surface area contributed by atoms with Crippen LogP contribution in [0.15, 0.2) is 0 Å². The van der Waals surface area contributed by atoms with Gasteiger partial charge in [-0.1, -0.05) is 19.8 Å². The van der Waals surface area contributed by atoms with Gasteiger partial charge in [0.25, 0.3) is 0 Å². The first-order valence-corrected chi connectivity index (χ1v) is 6.04. The standard InChI is InChI=1S/C10H20OS/c1-8(11)9(2)12-7-10-5-3-4-6-10/h8-11H,3-7H2,1-2H3. The van der Waals surface area contributed by atoms with Crippen molar-refractivity contribution < 1.29 is 5.11 Å². The normalized spacial score (nSPS) is 24.2. The second-order valence-electron chi connectivity index (χ2n) is 3.93. The van der Waals surface area contributed by atoms with Crippen LogP contribution in [0.1, 0.15) is 39.5 Å². The number of rotatable bonds is 4. The summed E-state index contributed by atoms with van der Waals surface area (Å²) in [7, 11) is 0. The van der Waals surface area contributed by atoms with Gasteiger partial charge in [0.1, 0.15) is 0 Å². The fraction of sp³-hybridized carbons (Fsp3) is 1.00. The molecule has 1 rings (SSSR count). The van der Waals surface area contributed by atoms with Crippen molar-refractivity contribution in [2.24, 2.45) is 5.92 Å². The summed E-state index contributed by atoms with van der Waals surface area (Å²) in [5.74, 6) is 2.20. The lowest BCUT2D eigenvalue weighted by atomic mass is 10.1. The Morgan fingerprint density at radius 2 is 1.92 bits per heavy atom. The molecule has 0 radical (unpaired) electrons. The van der Waals surface area contributed by atoms with Gasteiger partial charge in [-0.05, 0) is 31.4 Å². The molecule has 1 aliphatic rings. The van der Waals surface area contributed by atoms with Crippen molar-refractivity contribution in [1.29, 1.82) is 0 Å². The van der Waals surface area contributed by atoms with Crippen molar-refractivity contribution in [3.05, 3.63) is 0 Å². The van der Waals surface area contributed by atoms with E-state index in [9.17, 15) is 5.11 Å². The van der Waals surface area contributed by atoms with Crippen LogP contribution in [0, 0.1) is 5.92 Å². The Bertz CT molecular complexity index is 117. The fourth-order valence-electron chi connectivity index (χ4n) is 1.60. The molecule has 1 aliphatic carbocycles. The Labute approximate surface area is 79.9 Å². The lowest BCUT2D eigenvalue weighted by Crippen LogP contribution is -2.16. The molecule has 0 aliphatic heterocycles. The molecule has 1 saturated carbocycles. The van der Waals surface area contributed by atoms with Crippen LogP contribution >= 0.6 is 11.8 Å². The van der Waals surface area contributed by atoms with E-state index >= 15 is 0 Å². The molecule has 0 spiro atoms. The molecule has 72 valence electrons. The summed E-state index contributed by atoms with van der Waals surface area (Å²) in [5.41, 5.74) is 0. The highest BCUT2D eigenvalue weighted by Gasteiger charge is 2.17. The van der Waals surface area contributed by atoms with E-state index in [1.54, 1.807) is 0 Å². The van der Waals surface area contributed by atoms with E-state index in [4.69, 9.17) is 0 Å². The number of aliphatic hydroxyl groups excluding tert-OH is 1. The molecule has 0 aromatic rings. The molecule has 2 heteroatoms. The van der Waals surface area contributed by atoms with Crippen LogP contribution in [0.25, 0.3) is 0 Å². The topological polar surface area (TPSA) is 20.2 Å². The first-order valence-electron chi connectivity index (χ1n) is 5.00. The maximum absolute atomic E-state index is 9.27. The van der Waals surface area contributed by atoms with E-state index in [1.165, 1.54) is 31.4 Å². The highest BCUT2D eigenvalue weighted by Crippen LogP contribution is 2.29. The van der Waals surface area contributed by atoms with Crippen molar-refractivity contribution in [3.8, 4) is 0 Å². The fourth-order valence-corrected chi connectivity index (χ4v) is 2.79. The van der Waals surface area contributed by atoms with Gasteiger partial charge in [-0.15, -0.1) is 0 Å². The molecule has 0 aromatic heterocycles. The Kier molecular flexibility index (Phi) is 4.44. The maximum atomic E-state index is 9.27. The largest absolute Gasteiger partial charge is 0.392 e. The van der Waals surface area contributed by atoms with Gasteiger partial charge in [-0.25, -0.2) is 0 Å². The van der Waals surface area contributed by atoms with Crippen molar-refractivity contribution >= 4 is 11.8 Å². The smallest absolute Gasteiger partial charge is 0.0627 e. The maximum Gasteiger partial charge on any atom is 0.0627 e. The second kappa shape index (κ2) is 5.13. The third-order valence-corrected chi connectivity index (χ3v) is 4.33. The van der Waals surface area contributed by atoms with Crippen LogP contribution in [0.5, 0.6) is 0 Å². The zero-order chi connectivity index (χ0) is 8.97. The molecule has 12 heavy (non-hydrogen) atoms. The average molecular weight is 188 g/mol. The quantitative estimate of drug-likeness (QED) is 0.732. The van der Waals surface area contributed by atoms with Crippen molar-refractivity contribution in [2.45, 2.75) is 50.9 Å². The van der Waals surface area contributed by atoms with Crippen LogP contribution in [-0.4, -0.2) is 22.2 Å². The molecule has 1 fully saturated rings. The molecule has 0 bridgehead atoms. The highest BCUT2D eigenvalue weighted by atomic mass is 32.2. The first-order chi connectivity index (χ1) is 5.70. The van der Waals surface area contributed by atoms with Crippen molar-refractivity contribution in [2.75, 3.05) is 5.75 Å². The van der Waals surface area contributed by atoms with Gasteiger partial charge in [0.15, 0.2) is 0 Å². The van der Waals surface area contributed by atoms with Crippen molar-refractivity contribution in [1.82, 2.24) is 0 Å². The predicted molar refractivity (Wildman–Crippen MR) is 55.6 cm³/mol. The molecule has 1 nitrogen and oxygen atoms in total. The van der Waals surface area contributed by atoms with Gasteiger partial charge in [0.05, 0.1) is 6.10 Å². The number of thioether (sulfide) groups is 1. The van der Waals surface area contributed by atoms with E-state index in [0.717, 1.165) is 5.92 Å². The van der Waals surface area contributed by atoms with Crippen LogP contribution in [0.4, 0.5) is 0 Å². The zero-order valence-corrected chi connectivity index (χ0v) is 8.94. The summed E-state index contributed by atoms with van der Waals surface area (Å²) in [4.78, 5) is 0. The van der Waals surface area contributed by atoms with Crippen LogP contribution in [0.3, 0.4) is 0 Å². The second-order valence-corrected chi connectivity index (χ2v) is 5.34. The summed E-state index contributed by atoms with van der Waals surface area (Å²) in [6.07, 6.45) is 5.53. The molecule has 0 saturated heterocycles. The monoisotopic (exact) mass is 188 g/mol. The van der Waals surface area contributed by atoms with Gasteiger partial charge >= 0.3 is 0 Å². The summed E-state index contributed by atoms with van der Waals surface area (Å²) in [6.45, 7) is 4.00. The number of aliphatic hydroxyl groups is 1. The molecule has 2 unspecified atom stereocenters. The zero-order valence-electron chi connectivity index (χ0n) is 8.12. The van der Waals surface area contributed by atoms with Gasteiger partial charge in [0.2, 0.25) is 0 Å². The minimum absolute atomic E-state index is 0.156. The van der Waals surface area contributed by atoms with E-state index in [-0.39, 0.29) is 6.10 Å². The molecule has 0 heterocycles. The van der Waals surface area contributed by atoms with E-state index in [0.29, 0.717) is 5.25 Å². The summed E-state index contributed by atoms with van der Waals surface area (Å²) in [5, 5.41) is 9.68. The SMILES string of the molecule is CC(O)C(C)SCC1CCCC1. The Hall–Kier alpha value is 0.310. The number of hydrogen-bond acceptors (Lipinski definition) is 2. The van der Waals surface area contributed by atoms with Gasteiger partial charge in [-0.3, -0.25) is 0 Å². The van der Waals surface area contributed by atoms with Gasteiger partial charge in [0, 0.05) is 5.25 Å². The van der Waals surface area contributed by atoms with E-state index in [1.807, 2.05) is 18.7 Å². The molecule has 2 atom stereocenters. The highest BCUT2D eigenvalue weighted by molar-refractivity contribution is 7.99. The molecule has 0 aromatic carbocycles. The number of hydrogen-bond donors (Lipinski definition) is 1. The third-order valence-electron chi connectivity index (χ3n) is 2.75. The van der Waals surface area contributed by atoms with Crippen LogP contribution in [0.2, 0.25) is 0 Å². The van der Waals surface area contributed by atoms with Crippen LogP contribution in [-0.2, 0) is 0 Å². The van der Waals surface area contributed by atoms with Gasteiger partial charge < -0.3 is 5.11 Å². The van der Waals surface area contributed by atoms with E-state index in [2.05, 4.69) is 6.92 Å². The Morgan fingerprint density at radius 1 is 1.33 bits per heavy atom. The Balaban J connectivity index is 2.07. The third kappa shape index (κ3) is 3.36. The van der Waals surface area contributed by atoms with Crippen molar-refractivity contribution in [3.63, 3.8) is 0 Å². The predicted octanol–water partition coefficient (Wildman–Crippen LogP) is 2.68. The van der Waals surface area contributed by atoms with Gasteiger partial charge in [-0.2, -0.15) is 11.8 Å². The Morgan fingerprint density at radius 3 is 2.42 bits per heavy atom. The summed E-state index contributed by atoms with van der Waals surface area (Å²) in [6, 6.07) is 0.